The summed E-state index contributed by atoms with van der Waals surface area (Å²) >= 11 is 0. The molecule has 4 rings (SSSR count). The molecule has 0 amide bonds. The highest BCUT2D eigenvalue weighted by molar-refractivity contribution is 5.88. The summed E-state index contributed by atoms with van der Waals surface area (Å²) < 4.78 is 29.9. The third-order valence-electron chi connectivity index (χ3n) is 4.98. The highest BCUT2D eigenvalue weighted by Crippen LogP contribution is 2.61. The van der Waals surface area contributed by atoms with Crippen LogP contribution in [0.25, 0.3) is 5.82 Å². The molecule has 2 aliphatic carbocycles. The number of hydrogen-bond acceptors (Lipinski definition) is 4. The molecule has 3 unspecified atom stereocenters. The van der Waals surface area contributed by atoms with Crippen molar-refractivity contribution in [3.8, 4) is 5.82 Å². The average molecular weight is 320 g/mol. The van der Waals surface area contributed by atoms with Crippen molar-refractivity contribution in [1.82, 2.24) is 19.7 Å². The number of hydrogen-bond donors (Lipinski definition) is 1. The van der Waals surface area contributed by atoms with Crippen molar-refractivity contribution in [3.63, 3.8) is 0 Å². The Balaban J connectivity index is 1.95. The van der Waals surface area contributed by atoms with Gasteiger partial charge < -0.3 is 5.11 Å². The van der Waals surface area contributed by atoms with E-state index in [9.17, 15) is 18.7 Å². The fraction of sp³-hybridized carbons (Fsp3) is 0.467. The predicted molar refractivity (Wildman–Crippen MR) is 74.9 cm³/mol. The molecule has 6 nitrogen and oxygen atoms in total. The number of aromatic carboxylic acids is 1. The van der Waals surface area contributed by atoms with Gasteiger partial charge in [-0.1, -0.05) is 6.92 Å². The molecule has 2 aromatic heterocycles. The van der Waals surface area contributed by atoms with E-state index in [1.54, 1.807) is 6.92 Å². The molecule has 3 atom stereocenters. The third-order valence-corrected chi connectivity index (χ3v) is 4.98. The summed E-state index contributed by atoms with van der Waals surface area (Å²) in [5.41, 5.74) is 0.804. The Morgan fingerprint density at radius 2 is 2.22 bits per heavy atom. The molecule has 23 heavy (non-hydrogen) atoms. The van der Waals surface area contributed by atoms with Gasteiger partial charge in [-0.05, 0) is 12.3 Å². The zero-order valence-corrected chi connectivity index (χ0v) is 12.3. The summed E-state index contributed by atoms with van der Waals surface area (Å²) in [5.74, 6) is -5.48. The molecule has 0 spiro atoms. The van der Waals surface area contributed by atoms with Gasteiger partial charge in [0.15, 0.2) is 11.5 Å². The van der Waals surface area contributed by atoms with Gasteiger partial charge in [0.25, 0.3) is 5.92 Å². The Kier molecular flexibility index (Phi) is 2.82. The van der Waals surface area contributed by atoms with E-state index in [1.165, 1.54) is 23.3 Å². The van der Waals surface area contributed by atoms with E-state index >= 15 is 0 Å². The van der Waals surface area contributed by atoms with E-state index in [1.807, 2.05) is 0 Å². The SMILES string of the molecule is CC1c2c(C(=O)O)nn(-c3cnccn3)c2C2CCC(F)(F)C12. The second-order valence-electron chi connectivity index (χ2n) is 6.15. The number of carboxylic acids is 1. The van der Waals surface area contributed by atoms with Gasteiger partial charge in [-0.25, -0.2) is 23.2 Å². The van der Waals surface area contributed by atoms with E-state index in [4.69, 9.17) is 0 Å². The molecule has 0 bridgehead atoms. The Bertz CT molecular complexity index is 790. The van der Waals surface area contributed by atoms with Crippen LogP contribution in [-0.2, 0) is 0 Å². The Hall–Kier alpha value is -2.38. The second kappa shape index (κ2) is 4.56. The molecule has 1 N–H and O–H groups in total. The van der Waals surface area contributed by atoms with Crippen LogP contribution in [-0.4, -0.2) is 36.7 Å². The van der Waals surface area contributed by atoms with Gasteiger partial charge in [0.05, 0.1) is 11.9 Å². The fourth-order valence-corrected chi connectivity index (χ4v) is 4.17. The molecule has 2 aromatic rings. The first-order valence-corrected chi connectivity index (χ1v) is 7.42. The van der Waals surface area contributed by atoms with Crippen molar-refractivity contribution in [2.24, 2.45) is 5.92 Å². The van der Waals surface area contributed by atoms with E-state index in [0.717, 1.165) is 0 Å². The van der Waals surface area contributed by atoms with Crippen molar-refractivity contribution in [3.05, 3.63) is 35.5 Å². The molecule has 0 aromatic carbocycles. The molecule has 2 aliphatic rings. The van der Waals surface area contributed by atoms with Crippen LogP contribution >= 0.6 is 0 Å². The van der Waals surface area contributed by atoms with Gasteiger partial charge in [0.1, 0.15) is 0 Å². The summed E-state index contributed by atoms with van der Waals surface area (Å²) in [6.45, 7) is 1.66. The first-order valence-electron chi connectivity index (χ1n) is 7.42. The van der Waals surface area contributed by atoms with Crippen molar-refractivity contribution < 1.29 is 18.7 Å². The summed E-state index contributed by atoms with van der Waals surface area (Å²) in [5, 5.41) is 13.6. The lowest BCUT2D eigenvalue weighted by atomic mass is 9.88. The highest BCUT2D eigenvalue weighted by atomic mass is 19.3. The van der Waals surface area contributed by atoms with Gasteiger partial charge in [-0.2, -0.15) is 5.10 Å². The maximum atomic E-state index is 14.3. The van der Waals surface area contributed by atoms with Gasteiger partial charge in [0, 0.05) is 36.2 Å². The molecular weight excluding hydrogens is 306 g/mol. The summed E-state index contributed by atoms with van der Waals surface area (Å²) in [6, 6.07) is 0. The van der Waals surface area contributed by atoms with Crippen molar-refractivity contribution >= 4 is 5.97 Å². The topological polar surface area (TPSA) is 80.9 Å². The van der Waals surface area contributed by atoms with Gasteiger partial charge in [-0.3, -0.25) is 4.98 Å². The Morgan fingerprint density at radius 3 is 2.87 bits per heavy atom. The summed E-state index contributed by atoms with van der Waals surface area (Å²) in [4.78, 5) is 19.6. The van der Waals surface area contributed by atoms with Crippen molar-refractivity contribution in [1.29, 1.82) is 0 Å². The largest absolute Gasteiger partial charge is 0.476 e. The maximum Gasteiger partial charge on any atom is 0.356 e. The lowest BCUT2D eigenvalue weighted by Gasteiger charge is -2.23. The first-order chi connectivity index (χ1) is 10.9. The lowest BCUT2D eigenvalue weighted by molar-refractivity contribution is -0.0448. The zero-order valence-electron chi connectivity index (χ0n) is 12.3. The maximum absolute atomic E-state index is 14.3. The van der Waals surface area contributed by atoms with E-state index in [2.05, 4.69) is 15.1 Å². The molecule has 8 heteroatoms. The van der Waals surface area contributed by atoms with Crippen LogP contribution in [0.2, 0.25) is 0 Å². The van der Waals surface area contributed by atoms with Crippen LogP contribution in [0.3, 0.4) is 0 Å². The number of carbonyl (C=O) groups is 1. The Labute approximate surface area is 130 Å². The summed E-state index contributed by atoms with van der Waals surface area (Å²) in [7, 11) is 0. The van der Waals surface area contributed by atoms with Crippen LogP contribution in [0.4, 0.5) is 8.78 Å². The fourth-order valence-electron chi connectivity index (χ4n) is 4.17. The summed E-state index contributed by atoms with van der Waals surface area (Å²) in [6.07, 6.45) is 4.54. The molecule has 0 saturated heterocycles. The second-order valence-corrected chi connectivity index (χ2v) is 6.15. The molecule has 0 aliphatic heterocycles. The van der Waals surface area contributed by atoms with Crippen LogP contribution in [0.5, 0.6) is 0 Å². The van der Waals surface area contributed by atoms with Crippen molar-refractivity contribution in [2.75, 3.05) is 0 Å². The zero-order chi connectivity index (χ0) is 16.4. The number of carboxylic acid groups (broad SMARTS) is 1. The van der Waals surface area contributed by atoms with Crippen LogP contribution in [0, 0.1) is 5.92 Å². The molecule has 120 valence electrons. The predicted octanol–water partition coefficient (Wildman–Crippen LogP) is 2.61. The van der Waals surface area contributed by atoms with Crippen molar-refractivity contribution in [2.45, 2.75) is 37.5 Å². The quantitative estimate of drug-likeness (QED) is 0.920. The number of nitrogens with zero attached hydrogens (tertiary/aromatic N) is 4. The first kappa shape index (κ1) is 14.2. The standard InChI is InChI=1S/C15H14F2N4O2/c1-7-10-12(14(22)23)20-21(9-6-18-4-5-19-9)13(10)8-2-3-15(16,17)11(7)8/h4-8,11H,2-3H2,1H3,(H,22,23). The minimum atomic E-state index is -2.79. The molecular formula is C15H14F2N4O2. The average Bonchev–Trinajstić information content (AvgIpc) is 3.13. The van der Waals surface area contributed by atoms with Crippen LogP contribution in [0.1, 0.15) is 53.3 Å². The Morgan fingerprint density at radius 1 is 1.43 bits per heavy atom. The number of alkyl halides is 2. The monoisotopic (exact) mass is 320 g/mol. The third kappa shape index (κ3) is 1.83. The molecule has 1 saturated carbocycles. The molecule has 0 radical (unpaired) electrons. The number of rotatable bonds is 2. The number of fused-ring (bicyclic) bond motifs is 3. The molecule has 1 fully saturated rings. The smallest absolute Gasteiger partial charge is 0.356 e. The minimum absolute atomic E-state index is 0.164. The van der Waals surface area contributed by atoms with E-state index in [0.29, 0.717) is 23.5 Å². The van der Waals surface area contributed by atoms with Crippen LogP contribution in [0.15, 0.2) is 18.6 Å². The van der Waals surface area contributed by atoms with Gasteiger partial charge >= 0.3 is 5.97 Å². The number of aromatic nitrogens is 4. The van der Waals surface area contributed by atoms with E-state index < -0.39 is 29.6 Å². The minimum Gasteiger partial charge on any atom is -0.476 e. The normalized spacial score (nSPS) is 27.7. The number of halogens is 2. The van der Waals surface area contributed by atoms with Gasteiger partial charge in [0.2, 0.25) is 0 Å². The van der Waals surface area contributed by atoms with Crippen LogP contribution < -0.4 is 0 Å². The van der Waals surface area contributed by atoms with E-state index in [-0.39, 0.29) is 12.1 Å². The highest BCUT2D eigenvalue weighted by Gasteiger charge is 2.59. The lowest BCUT2D eigenvalue weighted by Crippen LogP contribution is -2.26. The van der Waals surface area contributed by atoms with Gasteiger partial charge in [-0.15, -0.1) is 0 Å². The molecule has 2 heterocycles.